The van der Waals surface area contributed by atoms with Crippen LogP contribution in [-0.2, 0) is 19.0 Å². The number of rotatable bonds is 11. The van der Waals surface area contributed by atoms with Gasteiger partial charge in [0.25, 0.3) is 5.91 Å². The number of hydrogen-bond acceptors (Lipinski definition) is 4. The molecule has 0 heterocycles. The molecule has 2 rings (SSSR count). The zero-order valence-corrected chi connectivity index (χ0v) is 14.5. The maximum atomic E-state index is 12.6. The summed E-state index contributed by atoms with van der Waals surface area (Å²) in [5.41, 5.74) is 0.915. The standard InChI is InChI=1S/C19H29NO4/c1-22-14-15-23-13-7-12-20-19(21)18(16-8-3-2-4-9-16)24-17-10-5-6-11-17/h2-4,8-9,17-18H,5-7,10-15H2,1H3,(H,20,21). The van der Waals surface area contributed by atoms with Gasteiger partial charge >= 0.3 is 0 Å². The molecular weight excluding hydrogens is 306 g/mol. The lowest BCUT2D eigenvalue weighted by Gasteiger charge is -2.22. The van der Waals surface area contributed by atoms with Crippen LogP contribution in [0.3, 0.4) is 0 Å². The fraction of sp³-hybridized carbons (Fsp3) is 0.632. The summed E-state index contributed by atoms with van der Waals surface area (Å²) in [6.45, 7) is 2.38. The molecule has 0 aromatic heterocycles. The SMILES string of the molecule is COCCOCCCNC(=O)C(OC1CCCC1)c1ccccc1. The van der Waals surface area contributed by atoms with Crippen LogP contribution in [0, 0.1) is 0 Å². The molecular formula is C19H29NO4. The number of benzene rings is 1. The molecule has 0 aliphatic heterocycles. The van der Waals surface area contributed by atoms with Gasteiger partial charge in [0.05, 0.1) is 19.3 Å². The first-order valence-corrected chi connectivity index (χ1v) is 8.86. The predicted octanol–water partition coefficient (Wildman–Crippen LogP) is 2.86. The van der Waals surface area contributed by atoms with E-state index in [1.165, 1.54) is 12.8 Å². The van der Waals surface area contributed by atoms with Crippen molar-refractivity contribution in [2.45, 2.75) is 44.3 Å². The van der Waals surface area contributed by atoms with E-state index in [-0.39, 0.29) is 12.0 Å². The van der Waals surface area contributed by atoms with Crippen molar-refractivity contribution in [1.82, 2.24) is 5.32 Å². The van der Waals surface area contributed by atoms with E-state index in [4.69, 9.17) is 14.2 Å². The Morgan fingerprint density at radius 2 is 1.92 bits per heavy atom. The minimum absolute atomic E-state index is 0.0648. The van der Waals surface area contributed by atoms with Crippen LogP contribution in [-0.4, -0.2) is 45.5 Å². The summed E-state index contributed by atoms with van der Waals surface area (Å²) < 4.78 is 16.4. The molecule has 0 bridgehead atoms. The molecule has 0 spiro atoms. The van der Waals surface area contributed by atoms with Crippen LogP contribution in [0.25, 0.3) is 0 Å². The number of amides is 1. The summed E-state index contributed by atoms with van der Waals surface area (Å²) in [5.74, 6) is -0.0648. The Balaban J connectivity index is 1.79. The second-order valence-electron chi connectivity index (χ2n) is 6.08. The van der Waals surface area contributed by atoms with Crippen molar-refractivity contribution < 1.29 is 19.0 Å². The van der Waals surface area contributed by atoms with Gasteiger partial charge in [-0.15, -0.1) is 0 Å². The molecule has 1 atom stereocenters. The van der Waals surface area contributed by atoms with Gasteiger partial charge in [-0.25, -0.2) is 0 Å². The second-order valence-corrected chi connectivity index (χ2v) is 6.08. The van der Waals surface area contributed by atoms with Crippen LogP contribution in [0.5, 0.6) is 0 Å². The molecule has 24 heavy (non-hydrogen) atoms. The van der Waals surface area contributed by atoms with Crippen LogP contribution in [0.2, 0.25) is 0 Å². The van der Waals surface area contributed by atoms with E-state index in [2.05, 4.69) is 5.32 Å². The van der Waals surface area contributed by atoms with Crippen molar-refractivity contribution in [1.29, 1.82) is 0 Å². The van der Waals surface area contributed by atoms with Gasteiger partial charge in [-0.2, -0.15) is 0 Å². The maximum Gasteiger partial charge on any atom is 0.253 e. The first kappa shape index (κ1) is 18.9. The van der Waals surface area contributed by atoms with Gasteiger partial charge in [-0.05, 0) is 24.8 Å². The maximum absolute atomic E-state index is 12.6. The molecule has 1 aromatic carbocycles. The number of nitrogens with one attached hydrogen (secondary N) is 1. The molecule has 5 heteroatoms. The van der Waals surface area contributed by atoms with Gasteiger partial charge in [0.1, 0.15) is 0 Å². The quantitative estimate of drug-likeness (QED) is 0.632. The molecule has 1 aromatic rings. The fourth-order valence-corrected chi connectivity index (χ4v) is 2.86. The molecule has 134 valence electrons. The molecule has 5 nitrogen and oxygen atoms in total. The number of methoxy groups -OCH3 is 1. The number of carbonyl (C=O) groups excluding carboxylic acids is 1. The van der Waals surface area contributed by atoms with Crippen LogP contribution in [0.15, 0.2) is 30.3 Å². The van der Waals surface area contributed by atoms with E-state index in [0.717, 1.165) is 24.8 Å². The predicted molar refractivity (Wildman–Crippen MR) is 92.8 cm³/mol. The van der Waals surface area contributed by atoms with Crippen LogP contribution in [0.4, 0.5) is 0 Å². The molecule has 0 radical (unpaired) electrons. The Morgan fingerprint density at radius 1 is 1.17 bits per heavy atom. The van der Waals surface area contributed by atoms with Crippen molar-refractivity contribution >= 4 is 5.91 Å². The van der Waals surface area contributed by atoms with Crippen molar-refractivity contribution in [2.24, 2.45) is 0 Å². The largest absolute Gasteiger partial charge is 0.382 e. The van der Waals surface area contributed by atoms with Crippen molar-refractivity contribution in [3.05, 3.63) is 35.9 Å². The third kappa shape index (κ3) is 6.59. The van der Waals surface area contributed by atoms with Crippen molar-refractivity contribution in [2.75, 3.05) is 33.5 Å². The Hall–Kier alpha value is -1.43. The Kier molecular flexibility index (Phi) is 8.81. The van der Waals surface area contributed by atoms with Gasteiger partial charge in [-0.1, -0.05) is 43.2 Å². The zero-order valence-electron chi connectivity index (χ0n) is 14.5. The minimum atomic E-state index is -0.524. The highest BCUT2D eigenvalue weighted by Gasteiger charge is 2.26. The number of hydrogen-bond donors (Lipinski definition) is 1. The highest BCUT2D eigenvalue weighted by atomic mass is 16.5. The molecule has 1 aliphatic carbocycles. The molecule has 1 aliphatic rings. The molecule has 1 saturated carbocycles. The lowest BCUT2D eigenvalue weighted by atomic mass is 10.1. The van der Waals surface area contributed by atoms with Crippen LogP contribution in [0.1, 0.15) is 43.8 Å². The third-order valence-electron chi connectivity index (χ3n) is 4.17. The number of ether oxygens (including phenoxy) is 3. The average molecular weight is 335 g/mol. The highest BCUT2D eigenvalue weighted by molar-refractivity contribution is 5.82. The fourth-order valence-electron chi connectivity index (χ4n) is 2.86. The van der Waals surface area contributed by atoms with E-state index >= 15 is 0 Å². The lowest BCUT2D eigenvalue weighted by molar-refractivity contribution is -0.137. The summed E-state index contributed by atoms with van der Waals surface area (Å²) >= 11 is 0. The van der Waals surface area contributed by atoms with E-state index in [1.54, 1.807) is 7.11 Å². The van der Waals surface area contributed by atoms with Gasteiger partial charge in [0, 0.05) is 20.3 Å². The van der Waals surface area contributed by atoms with Gasteiger partial charge < -0.3 is 19.5 Å². The van der Waals surface area contributed by atoms with E-state index < -0.39 is 6.10 Å². The van der Waals surface area contributed by atoms with Crippen molar-refractivity contribution in [3.8, 4) is 0 Å². The average Bonchev–Trinajstić information content (AvgIpc) is 3.13. The van der Waals surface area contributed by atoms with Crippen molar-refractivity contribution in [3.63, 3.8) is 0 Å². The van der Waals surface area contributed by atoms with Gasteiger partial charge in [-0.3, -0.25) is 4.79 Å². The van der Waals surface area contributed by atoms with Gasteiger partial charge in [0.2, 0.25) is 0 Å². The Morgan fingerprint density at radius 3 is 2.62 bits per heavy atom. The van der Waals surface area contributed by atoms with Crippen LogP contribution >= 0.6 is 0 Å². The topological polar surface area (TPSA) is 56.8 Å². The Bertz CT molecular complexity index is 460. The summed E-state index contributed by atoms with van der Waals surface area (Å²) in [4.78, 5) is 12.6. The lowest BCUT2D eigenvalue weighted by Crippen LogP contribution is -2.33. The highest BCUT2D eigenvalue weighted by Crippen LogP contribution is 2.28. The normalized spacial score (nSPS) is 16.2. The molecule has 1 N–H and O–H groups in total. The monoisotopic (exact) mass is 335 g/mol. The Labute approximate surface area is 144 Å². The summed E-state index contributed by atoms with van der Waals surface area (Å²) in [7, 11) is 1.65. The second kappa shape index (κ2) is 11.2. The first-order chi connectivity index (χ1) is 11.8. The van der Waals surface area contributed by atoms with Gasteiger partial charge in [0.15, 0.2) is 6.10 Å². The summed E-state index contributed by atoms with van der Waals surface area (Å²) in [6.07, 6.45) is 4.91. The summed E-state index contributed by atoms with van der Waals surface area (Å²) in [6, 6.07) is 9.74. The minimum Gasteiger partial charge on any atom is -0.382 e. The first-order valence-electron chi connectivity index (χ1n) is 8.86. The molecule has 1 unspecified atom stereocenters. The number of carbonyl (C=O) groups is 1. The van der Waals surface area contributed by atoms with E-state index in [1.807, 2.05) is 30.3 Å². The smallest absolute Gasteiger partial charge is 0.253 e. The molecule has 0 saturated heterocycles. The van der Waals surface area contributed by atoms with Crippen LogP contribution < -0.4 is 5.32 Å². The van der Waals surface area contributed by atoms with E-state index in [9.17, 15) is 4.79 Å². The zero-order chi connectivity index (χ0) is 17.0. The third-order valence-corrected chi connectivity index (χ3v) is 4.17. The summed E-state index contributed by atoms with van der Waals surface area (Å²) in [5, 5.41) is 2.97. The molecule has 1 amide bonds. The van der Waals surface area contributed by atoms with E-state index in [0.29, 0.717) is 26.4 Å². The molecule has 1 fully saturated rings.